The Labute approximate surface area is 185 Å². The highest BCUT2D eigenvalue weighted by molar-refractivity contribution is 7.98. The normalized spacial score (nSPS) is 12.8. The Morgan fingerprint density at radius 1 is 1.19 bits per heavy atom. The molecular weight excluding hydrogens is 420 g/mol. The van der Waals surface area contributed by atoms with E-state index >= 15 is 0 Å². The molecule has 4 N–H and O–H groups in total. The van der Waals surface area contributed by atoms with Gasteiger partial charge in [0, 0.05) is 22.6 Å². The van der Waals surface area contributed by atoms with E-state index in [9.17, 15) is 9.59 Å². The standard InChI is InChI=1S/C22H26N2O6S/c1-15(6-11-20(26)24-28)21(16-4-3-5-18(14-16)29-13-12-25)30-22(27)23-17-7-9-19(31-2)10-8-17/h3-11,14-15,21,25,28H,12-13H2,1-2H3,(H,23,27)(H,24,26)/b11-6+/t15-,21+/m0/s1. The van der Waals surface area contributed by atoms with Gasteiger partial charge in [-0.1, -0.05) is 25.1 Å². The van der Waals surface area contributed by atoms with E-state index in [1.807, 2.05) is 18.4 Å². The summed E-state index contributed by atoms with van der Waals surface area (Å²) >= 11 is 1.60. The molecule has 0 fully saturated rings. The van der Waals surface area contributed by atoms with Crippen molar-refractivity contribution >= 4 is 29.4 Å². The van der Waals surface area contributed by atoms with Crippen LogP contribution >= 0.6 is 11.8 Å². The number of nitrogens with one attached hydrogen (secondary N) is 2. The third-order valence-corrected chi connectivity index (χ3v) is 5.00. The maximum atomic E-state index is 12.6. The van der Waals surface area contributed by atoms with Crippen molar-refractivity contribution in [2.24, 2.45) is 5.92 Å². The number of rotatable bonds is 10. The molecule has 0 aliphatic carbocycles. The highest BCUT2D eigenvalue weighted by atomic mass is 32.2. The maximum absolute atomic E-state index is 12.6. The summed E-state index contributed by atoms with van der Waals surface area (Å²) in [5.41, 5.74) is 2.75. The SMILES string of the molecule is CSc1ccc(NC(=O)O[C@@H](c2cccc(OCCO)c2)[C@@H](C)/C=C/C(=O)NO)cc1. The molecule has 2 atom stereocenters. The number of thioether (sulfide) groups is 1. The first-order valence-electron chi connectivity index (χ1n) is 9.54. The van der Waals surface area contributed by atoms with Crippen molar-refractivity contribution in [3.8, 4) is 5.75 Å². The predicted octanol–water partition coefficient (Wildman–Crippen LogP) is 3.77. The number of anilines is 1. The molecule has 2 rings (SSSR count). The summed E-state index contributed by atoms with van der Waals surface area (Å²) in [6.45, 7) is 1.78. The molecule has 0 aliphatic rings. The van der Waals surface area contributed by atoms with Gasteiger partial charge in [0.25, 0.3) is 5.91 Å². The topological polar surface area (TPSA) is 117 Å². The quantitative estimate of drug-likeness (QED) is 0.190. The zero-order valence-electron chi connectivity index (χ0n) is 17.3. The van der Waals surface area contributed by atoms with Crippen LogP contribution in [-0.4, -0.2) is 41.8 Å². The van der Waals surface area contributed by atoms with Crippen LogP contribution in [0.1, 0.15) is 18.6 Å². The van der Waals surface area contributed by atoms with Gasteiger partial charge in [-0.05, 0) is 48.2 Å². The number of hydrogen-bond donors (Lipinski definition) is 4. The van der Waals surface area contributed by atoms with Gasteiger partial charge >= 0.3 is 6.09 Å². The van der Waals surface area contributed by atoms with Crippen molar-refractivity contribution in [1.82, 2.24) is 5.48 Å². The van der Waals surface area contributed by atoms with Crippen LogP contribution < -0.4 is 15.5 Å². The molecule has 0 aliphatic heterocycles. The van der Waals surface area contributed by atoms with Crippen molar-refractivity contribution in [1.29, 1.82) is 0 Å². The third-order valence-electron chi connectivity index (χ3n) is 4.26. The second-order valence-electron chi connectivity index (χ2n) is 6.52. The number of aliphatic hydroxyl groups is 1. The van der Waals surface area contributed by atoms with Crippen molar-refractivity contribution < 1.29 is 29.4 Å². The summed E-state index contributed by atoms with van der Waals surface area (Å²) in [5, 5.41) is 20.3. The lowest BCUT2D eigenvalue weighted by molar-refractivity contribution is -0.124. The first kappa shape index (κ1) is 24.3. The Morgan fingerprint density at radius 2 is 1.94 bits per heavy atom. The first-order chi connectivity index (χ1) is 15.0. The monoisotopic (exact) mass is 446 g/mol. The van der Waals surface area contributed by atoms with Gasteiger partial charge < -0.3 is 14.6 Å². The molecule has 0 saturated carbocycles. The Morgan fingerprint density at radius 3 is 2.58 bits per heavy atom. The molecule has 8 nitrogen and oxygen atoms in total. The fourth-order valence-electron chi connectivity index (χ4n) is 2.74. The van der Waals surface area contributed by atoms with E-state index in [1.165, 1.54) is 11.6 Å². The summed E-state index contributed by atoms with van der Waals surface area (Å²) in [5.74, 6) is -0.587. The van der Waals surface area contributed by atoms with Crippen LogP contribution in [0.25, 0.3) is 0 Å². The molecule has 2 aromatic rings. The van der Waals surface area contributed by atoms with E-state index in [0.29, 0.717) is 17.0 Å². The fraction of sp³-hybridized carbons (Fsp3) is 0.273. The first-order valence-corrected chi connectivity index (χ1v) is 10.8. The largest absolute Gasteiger partial charge is 0.491 e. The zero-order valence-corrected chi connectivity index (χ0v) is 18.1. The van der Waals surface area contributed by atoms with Crippen LogP contribution in [0, 0.1) is 5.92 Å². The van der Waals surface area contributed by atoms with Crippen LogP contribution in [0.4, 0.5) is 10.5 Å². The number of carbonyl (C=O) groups excluding carboxylic acids is 2. The smallest absolute Gasteiger partial charge is 0.412 e. The lowest BCUT2D eigenvalue weighted by Crippen LogP contribution is -2.22. The number of hydroxylamine groups is 1. The van der Waals surface area contributed by atoms with E-state index in [0.717, 1.165) is 11.0 Å². The minimum absolute atomic E-state index is 0.128. The molecule has 31 heavy (non-hydrogen) atoms. The molecule has 166 valence electrons. The molecule has 2 aromatic carbocycles. The molecule has 0 heterocycles. The molecule has 9 heteroatoms. The van der Waals surface area contributed by atoms with Crippen molar-refractivity contribution in [2.45, 2.75) is 17.9 Å². The van der Waals surface area contributed by atoms with Gasteiger partial charge in [-0.15, -0.1) is 11.8 Å². The predicted molar refractivity (Wildman–Crippen MR) is 118 cm³/mol. The summed E-state index contributed by atoms with van der Waals surface area (Å²) in [4.78, 5) is 25.0. The van der Waals surface area contributed by atoms with Gasteiger partial charge in [0.05, 0.1) is 6.61 Å². The van der Waals surface area contributed by atoms with Crippen LogP contribution in [0.3, 0.4) is 0 Å². The number of hydrogen-bond acceptors (Lipinski definition) is 7. The Bertz CT molecular complexity index is 888. The van der Waals surface area contributed by atoms with Gasteiger partial charge in [0.1, 0.15) is 18.5 Å². The molecule has 0 bridgehead atoms. The van der Waals surface area contributed by atoms with E-state index in [1.54, 1.807) is 55.1 Å². The van der Waals surface area contributed by atoms with E-state index in [4.69, 9.17) is 19.8 Å². The fourth-order valence-corrected chi connectivity index (χ4v) is 3.15. The molecule has 0 unspecified atom stereocenters. The molecular formula is C22H26N2O6S. The number of aliphatic hydroxyl groups excluding tert-OH is 1. The second-order valence-corrected chi connectivity index (χ2v) is 7.40. The van der Waals surface area contributed by atoms with Crippen LogP contribution in [-0.2, 0) is 9.53 Å². The van der Waals surface area contributed by atoms with E-state index in [2.05, 4.69) is 5.32 Å². The third kappa shape index (κ3) is 7.97. The van der Waals surface area contributed by atoms with Crippen LogP contribution in [0.15, 0.2) is 65.6 Å². The lowest BCUT2D eigenvalue weighted by atomic mass is 9.96. The minimum atomic E-state index is -0.745. The van der Waals surface area contributed by atoms with Gasteiger partial charge in [-0.2, -0.15) is 0 Å². The Balaban J connectivity index is 2.20. The van der Waals surface area contributed by atoms with Crippen LogP contribution in [0.5, 0.6) is 5.75 Å². The number of benzene rings is 2. The van der Waals surface area contributed by atoms with Gasteiger partial charge in [0.2, 0.25) is 0 Å². The average molecular weight is 447 g/mol. The summed E-state index contributed by atoms with van der Waals surface area (Å²) in [7, 11) is 0. The lowest BCUT2D eigenvalue weighted by Gasteiger charge is -2.23. The van der Waals surface area contributed by atoms with Gasteiger partial charge in [-0.3, -0.25) is 15.3 Å². The number of ether oxygens (including phenoxy) is 2. The average Bonchev–Trinajstić information content (AvgIpc) is 2.80. The molecule has 0 saturated heterocycles. The maximum Gasteiger partial charge on any atom is 0.412 e. The zero-order chi connectivity index (χ0) is 22.6. The number of amides is 2. The molecule has 0 spiro atoms. The summed E-state index contributed by atoms with van der Waals surface area (Å²) in [6.07, 6.45) is 3.25. The van der Waals surface area contributed by atoms with Gasteiger partial charge in [0.15, 0.2) is 0 Å². The molecule has 2 amide bonds. The van der Waals surface area contributed by atoms with Crippen molar-refractivity contribution in [3.63, 3.8) is 0 Å². The van der Waals surface area contributed by atoms with Gasteiger partial charge in [-0.25, -0.2) is 10.3 Å². The van der Waals surface area contributed by atoms with E-state index in [-0.39, 0.29) is 13.2 Å². The van der Waals surface area contributed by atoms with Crippen LogP contribution in [0.2, 0.25) is 0 Å². The van der Waals surface area contributed by atoms with E-state index < -0.39 is 24.0 Å². The Kier molecular flexibility index (Phi) is 9.89. The highest BCUT2D eigenvalue weighted by Crippen LogP contribution is 2.30. The summed E-state index contributed by atoms with van der Waals surface area (Å²) in [6, 6.07) is 14.3. The highest BCUT2D eigenvalue weighted by Gasteiger charge is 2.23. The minimum Gasteiger partial charge on any atom is -0.491 e. The van der Waals surface area contributed by atoms with Crippen molar-refractivity contribution in [2.75, 3.05) is 24.8 Å². The molecule has 0 aromatic heterocycles. The van der Waals surface area contributed by atoms with Crippen molar-refractivity contribution in [3.05, 3.63) is 66.2 Å². The Hall–Kier alpha value is -3.01. The number of carbonyl (C=O) groups is 2. The molecule has 0 radical (unpaired) electrons. The summed E-state index contributed by atoms with van der Waals surface area (Å²) < 4.78 is 11.1. The second kappa shape index (κ2) is 12.6.